The zero-order chi connectivity index (χ0) is 16.0. The number of imide groups is 1. The van der Waals surface area contributed by atoms with Crippen molar-refractivity contribution >= 4 is 17.7 Å². The topological polar surface area (TPSA) is 57.7 Å². The number of nitrogens with zero attached hydrogens (tertiary/aromatic N) is 2. The number of likely N-dealkylation sites (N-methyl/N-ethyl adjacent to an activating group) is 1. The zero-order valence-electron chi connectivity index (χ0n) is 13.5. The van der Waals surface area contributed by atoms with Crippen LogP contribution in [0.3, 0.4) is 0 Å². The summed E-state index contributed by atoms with van der Waals surface area (Å²) in [4.78, 5) is 41.3. The molecule has 0 N–H and O–H groups in total. The van der Waals surface area contributed by atoms with E-state index < -0.39 is 6.04 Å². The second-order valence-corrected chi connectivity index (χ2v) is 6.48. The Morgan fingerprint density at radius 1 is 1.14 bits per heavy atom. The van der Waals surface area contributed by atoms with Crippen molar-refractivity contribution in [3.05, 3.63) is 12.2 Å². The SMILES string of the molecule is CCC(C(=O)N(CC)CC)N1C(=O)C2C3C=CC(C3)C2C1=O. The van der Waals surface area contributed by atoms with E-state index in [4.69, 9.17) is 0 Å². The van der Waals surface area contributed by atoms with Crippen molar-refractivity contribution in [2.24, 2.45) is 23.7 Å². The zero-order valence-corrected chi connectivity index (χ0v) is 13.5. The smallest absolute Gasteiger partial charge is 0.245 e. The molecule has 3 aliphatic rings. The van der Waals surface area contributed by atoms with Crippen LogP contribution in [0.15, 0.2) is 12.2 Å². The number of rotatable bonds is 5. The van der Waals surface area contributed by atoms with Crippen LogP contribution in [-0.2, 0) is 14.4 Å². The van der Waals surface area contributed by atoms with Gasteiger partial charge in [0.2, 0.25) is 17.7 Å². The highest BCUT2D eigenvalue weighted by Crippen LogP contribution is 2.53. The van der Waals surface area contributed by atoms with Crippen LogP contribution in [0.2, 0.25) is 0 Å². The quantitative estimate of drug-likeness (QED) is 0.570. The molecule has 2 aliphatic carbocycles. The van der Waals surface area contributed by atoms with Gasteiger partial charge in [-0.2, -0.15) is 0 Å². The fraction of sp³-hybridized carbons (Fsp3) is 0.706. The molecule has 1 saturated heterocycles. The number of fused-ring (bicyclic) bond motifs is 5. The average molecular weight is 304 g/mol. The van der Waals surface area contributed by atoms with E-state index in [1.807, 2.05) is 20.8 Å². The van der Waals surface area contributed by atoms with Crippen molar-refractivity contribution in [3.8, 4) is 0 Å². The van der Waals surface area contributed by atoms with Crippen molar-refractivity contribution in [3.63, 3.8) is 0 Å². The van der Waals surface area contributed by atoms with Gasteiger partial charge in [-0.1, -0.05) is 19.1 Å². The molecule has 5 unspecified atom stereocenters. The van der Waals surface area contributed by atoms with Crippen molar-refractivity contribution < 1.29 is 14.4 Å². The summed E-state index contributed by atoms with van der Waals surface area (Å²) in [6.07, 6.45) is 5.55. The minimum absolute atomic E-state index is 0.102. The maximum absolute atomic E-state index is 12.8. The molecule has 3 amide bonds. The summed E-state index contributed by atoms with van der Waals surface area (Å²) in [5.41, 5.74) is 0. The lowest BCUT2D eigenvalue weighted by molar-refractivity contribution is -0.152. The summed E-state index contributed by atoms with van der Waals surface area (Å²) in [7, 11) is 0. The first-order valence-electron chi connectivity index (χ1n) is 8.39. The minimum Gasteiger partial charge on any atom is -0.341 e. The van der Waals surface area contributed by atoms with Crippen LogP contribution >= 0.6 is 0 Å². The molecule has 2 fully saturated rings. The van der Waals surface area contributed by atoms with E-state index in [1.165, 1.54) is 4.90 Å². The Hall–Kier alpha value is -1.65. The molecule has 120 valence electrons. The molecule has 0 aromatic heterocycles. The molecule has 22 heavy (non-hydrogen) atoms. The van der Waals surface area contributed by atoms with Crippen LogP contribution in [0.25, 0.3) is 0 Å². The molecule has 1 aliphatic heterocycles. The van der Waals surface area contributed by atoms with Gasteiger partial charge in [-0.05, 0) is 38.5 Å². The van der Waals surface area contributed by atoms with E-state index in [2.05, 4.69) is 12.2 Å². The van der Waals surface area contributed by atoms with Crippen LogP contribution < -0.4 is 0 Å². The Morgan fingerprint density at radius 3 is 2.05 bits per heavy atom. The molecule has 0 aromatic carbocycles. The van der Waals surface area contributed by atoms with Gasteiger partial charge in [-0.15, -0.1) is 0 Å². The fourth-order valence-electron chi connectivity index (χ4n) is 4.45. The first-order valence-corrected chi connectivity index (χ1v) is 8.39. The van der Waals surface area contributed by atoms with Gasteiger partial charge >= 0.3 is 0 Å². The van der Waals surface area contributed by atoms with Gasteiger partial charge in [0.25, 0.3) is 0 Å². The van der Waals surface area contributed by atoms with E-state index >= 15 is 0 Å². The van der Waals surface area contributed by atoms with Gasteiger partial charge in [-0.25, -0.2) is 0 Å². The summed E-state index contributed by atoms with van der Waals surface area (Å²) in [6, 6.07) is -0.634. The Bertz CT molecular complexity index is 508. The van der Waals surface area contributed by atoms with E-state index in [1.54, 1.807) is 4.90 Å². The number of carbonyl (C=O) groups excluding carboxylic acids is 3. The first-order chi connectivity index (χ1) is 10.5. The van der Waals surface area contributed by atoms with Crippen LogP contribution in [0.4, 0.5) is 0 Å². The lowest BCUT2D eigenvalue weighted by Crippen LogP contribution is -2.51. The molecule has 5 heteroatoms. The summed E-state index contributed by atoms with van der Waals surface area (Å²) >= 11 is 0. The van der Waals surface area contributed by atoms with E-state index in [0.717, 1.165) is 6.42 Å². The van der Waals surface area contributed by atoms with Crippen LogP contribution in [0.5, 0.6) is 0 Å². The second-order valence-electron chi connectivity index (χ2n) is 6.48. The van der Waals surface area contributed by atoms with Gasteiger partial charge < -0.3 is 4.90 Å². The summed E-state index contributed by atoms with van der Waals surface area (Å²) < 4.78 is 0. The number of allylic oxidation sites excluding steroid dienone is 2. The first kappa shape index (κ1) is 15.3. The molecule has 0 spiro atoms. The number of hydrogen-bond acceptors (Lipinski definition) is 3. The number of amides is 3. The van der Waals surface area contributed by atoms with Crippen molar-refractivity contribution in [2.75, 3.05) is 13.1 Å². The molecule has 3 rings (SSSR count). The Labute approximate surface area is 131 Å². The maximum Gasteiger partial charge on any atom is 0.245 e. The maximum atomic E-state index is 12.8. The van der Waals surface area contributed by atoms with Gasteiger partial charge in [0.05, 0.1) is 11.8 Å². The molecular weight excluding hydrogens is 280 g/mol. The standard InChI is InChI=1S/C17H24N2O3/c1-4-12(15(20)18(5-2)6-3)19-16(21)13-10-7-8-11(9-10)14(13)17(19)22/h7-8,10-14H,4-6,9H2,1-3H3. The monoisotopic (exact) mass is 304 g/mol. The molecule has 2 bridgehead atoms. The summed E-state index contributed by atoms with van der Waals surface area (Å²) in [5.74, 6) is -0.412. The van der Waals surface area contributed by atoms with Crippen LogP contribution in [0.1, 0.15) is 33.6 Å². The molecule has 0 radical (unpaired) electrons. The van der Waals surface area contributed by atoms with E-state index in [0.29, 0.717) is 19.5 Å². The third kappa shape index (κ3) is 1.94. The predicted molar refractivity (Wildman–Crippen MR) is 81.6 cm³/mol. The summed E-state index contributed by atoms with van der Waals surface area (Å²) in [5, 5.41) is 0. The number of likely N-dealkylation sites (tertiary alicyclic amines) is 1. The van der Waals surface area contributed by atoms with Gasteiger partial charge in [-0.3, -0.25) is 19.3 Å². The van der Waals surface area contributed by atoms with Crippen molar-refractivity contribution in [2.45, 2.75) is 39.7 Å². The largest absolute Gasteiger partial charge is 0.341 e. The second kappa shape index (κ2) is 5.52. The fourth-order valence-corrected chi connectivity index (χ4v) is 4.45. The number of carbonyl (C=O) groups is 3. The highest BCUT2D eigenvalue weighted by molar-refractivity contribution is 6.09. The molecule has 1 saturated carbocycles. The highest BCUT2D eigenvalue weighted by atomic mass is 16.2. The summed E-state index contributed by atoms with van der Waals surface area (Å²) in [6.45, 7) is 6.90. The minimum atomic E-state index is -0.634. The Balaban J connectivity index is 1.86. The van der Waals surface area contributed by atoms with Crippen molar-refractivity contribution in [1.29, 1.82) is 0 Å². The molecular formula is C17H24N2O3. The van der Waals surface area contributed by atoms with E-state index in [-0.39, 0.29) is 41.4 Å². The average Bonchev–Trinajstić information content (AvgIpc) is 3.18. The highest BCUT2D eigenvalue weighted by Gasteiger charge is 2.61. The van der Waals surface area contributed by atoms with Crippen molar-refractivity contribution in [1.82, 2.24) is 9.80 Å². The molecule has 1 heterocycles. The lowest BCUT2D eigenvalue weighted by atomic mass is 9.85. The number of hydrogen-bond donors (Lipinski definition) is 0. The Kier molecular flexibility index (Phi) is 3.83. The molecule has 5 atom stereocenters. The lowest BCUT2D eigenvalue weighted by Gasteiger charge is -2.30. The predicted octanol–water partition coefficient (Wildman–Crippen LogP) is 1.44. The van der Waals surface area contributed by atoms with Gasteiger partial charge in [0, 0.05) is 13.1 Å². The third-order valence-corrected chi connectivity index (χ3v) is 5.56. The van der Waals surface area contributed by atoms with E-state index in [9.17, 15) is 14.4 Å². The Morgan fingerprint density at radius 2 is 1.64 bits per heavy atom. The van der Waals surface area contributed by atoms with Gasteiger partial charge in [0.1, 0.15) is 6.04 Å². The molecule has 5 nitrogen and oxygen atoms in total. The molecule has 0 aromatic rings. The van der Waals surface area contributed by atoms with Crippen LogP contribution in [0, 0.1) is 23.7 Å². The third-order valence-electron chi connectivity index (χ3n) is 5.56. The van der Waals surface area contributed by atoms with Gasteiger partial charge in [0.15, 0.2) is 0 Å². The normalized spacial score (nSPS) is 33.5. The van der Waals surface area contributed by atoms with Crippen LogP contribution in [-0.4, -0.2) is 46.7 Å².